The molecule has 4 rings (SSSR count). The zero-order valence-electron chi connectivity index (χ0n) is 15.2. The maximum absolute atomic E-state index is 12.8. The number of carbonyl (C=O) groups is 2. The smallest absolute Gasteiger partial charge is 0.247 e. The van der Waals surface area contributed by atoms with Gasteiger partial charge in [0.1, 0.15) is 18.9 Å². The van der Waals surface area contributed by atoms with Crippen molar-refractivity contribution >= 4 is 17.5 Å². The number of likely N-dealkylation sites (tertiary alicyclic amines) is 1. The summed E-state index contributed by atoms with van der Waals surface area (Å²) in [5.41, 5.74) is 1.45. The summed E-state index contributed by atoms with van der Waals surface area (Å²) in [7, 11) is 0. The van der Waals surface area contributed by atoms with Crippen molar-refractivity contribution in [1.82, 2.24) is 34.7 Å². The molecule has 1 saturated heterocycles. The summed E-state index contributed by atoms with van der Waals surface area (Å²) in [5.74, 6) is -0.249. The monoisotopic (exact) mass is 380 g/mol. The highest BCUT2D eigenvalue weighted by Gasteiger charge is 2.32. The van der Waals surface area contributed by atoms with Crippen LogP contribution in [0.15, 0.2) is 49.3 Å². The second-order valence-electron chi connectivity index (χ2n) is 6.62. The summed E-state index contributed by atoms with van der Waals surface area (Å²) in [4.78, 5) is 31.2. The highest BCUT2D eigenvalue weighted by Crippen LogP contribution is 2.20. The Kier molecular flexibility index (Phi) is 5.09. The van der Waals surface area contributed by atoms with Crippen LogP contribution in [0.2, 0.25) is 0 Å². The molecule has 2 amide bonds. The van der Waals surface area contributed by atoms with E-state index in [2.05, 4.69) is 25.8 Å². The molecule has 1 N–H and O–H groups in total. The molecule has 1 atom stereocenters. The average Bonchev–Trinajstić information content (AvgIpc) is 3.43. The number of imidazole rings is 1. The lowest BCUT2D eigenvalue weighted by Crippen LogP contribution is -2.50. The van der Waals surface area contributed by atoms with Gasteiger partial charge in [0.05, 0.1) is 12.0 Å². The molecule has 1 aliphatic heterocycles. The van der Waals surface area contributed by atoms with Crippen LogP contribution in [0.5, 0.6) is 0 Å². The van der Waals surface area contributed by atoms with E-state index in [0.29, 0.717) is 18.7 Å². The number of piperidine rings is 1. The zero-order valence-corrected chi connectivity index (χ0v) is 15.2. The molecule has 0 spiro atoms. The van der Waals surface area contributed by atoms with Gasteiger partial charge in [0.15, 0.2) is 0 Å². The third-order valence-corrected chi connectivity index (χ3v) is 4.75. The van der Waals surface area contributed by atoms with E-state index in [9.17, 15) is 9.59 Å². The Bertz CT molecular complexity index is 921. The van der Waals surface area contributed by atoms with Crippen molar-refractivity contribution in [2.45, 2.75) is 31.8 Å². The molecule has 10 heteroatoms. The van der Waals surface area contributed by atoms with Gasteiger partial charge in [-0.05, 0) is 54.0 Å². The van der Waals surface area contributed by atoms with Crippen LogP contribution in [0.4, 0.5) is 5.69 Å². The van der Waals surface area contributed by atoms with Crippen molar-refractivity contribution in [3.8, 4) is 5.69 Å². The molecule has 144 valence electrons. The molecule has 0 bridgehead atoms. The maximum atomic E-state index is 12.8. The molecule has 0 aliphatic carbocycles. The van der Waals surface area contributed by atoms with Crippen LogP contribution in [-0.2, 0) is 16.1 Å². The molecule has 10 nitrogen and oxygen atoms in total. The maximum Gasteiger partial charge on any atom is 0.247 e. The van der Waals surface area contributed by atoms with E-state index in [1.807, 2.05) is 12.1 Å². The number of amides is 2. The minimum atomic E-state index is -0.469. The molecule has 1 aromatic carbocycles. The number of nitrogens with one attached hydrogen (secondary N) is 1. The van der Waals surface area contributed by atoms with Crippen LogP contribution < -0.4 is 5.32 Å². The number of benzene rings is 1. The summed E-state index contributed by atoms with van der Waals surface area (Å²) < 4.78 is 3.24. The molecule has 0 saturated carbocycles. The molecule has 28 heavy (non-hydrogen) atoms. The number of nitrogens with zero attached hydrogens (tertiary/aromatic N) is 7. The fourth-order valence-electron chi connectivity index (χ4n) is 3.33. The number of hydrogen-bond donors (Lipinski definition) is 1. The van der Waals surface area contributed by atoms with Gasteiger partial charge in [-0.1, -0.05) is 0 Å². The minimum Gasteiger partial charge on any atom is -0.329 e. The van der Waals surface area contributed by atoms with E-state index in [1.165, 1.54) is 11.0 Å². The Morgan fingerprint density at radius 2 is 2.00 bits per heavy atom. The first-order valence-corrected chi connectivity index (χ1v) is 9.10. The average molecular weight is 380 g/mol. The molecule has 3 heterocycles. The van der Waals surface area contributed by atoms with Crippen molar-refractivity contribution in [2.24, 2.45) is 0 Å². The third kappa shape index (κ3) is 3.90. The molecule has 1 fully saturated rings. The van der Waals surface area contributed by atoms with Gasteiger partial charge < -0.3 is 14.8 Å². The molecule has 3 aromatic rings. The summed E-state index contributed by atoms with van der Waals surface area (Å²) >= 11 is 0. The molecule has 2 aromatic heterocycles. The van der Waals surface area contributed by atoms with Crippen LogP contribution in [0.1, 0.15) is 19.3 Å². The highest BCUT2D eigenvalue weighted by molar-refractivity contribution is 5.97. The van der Waals surface area contributed by atoms with Crippen molar-refractivity contribution in [3.63, 3.8) is 0 Å². The van der Waals surface area contributed by atoms with E-state index in [0.717, 1.165) is 18.5 Å². The first-order chi connectivity index (χ1) is 13.7. The van der Waals surface area contributed by atoms with E-state index < -0.39 is 6.04 Å². The van der Waals surface area contributed by atoms with Gasteiger partial charge in [0.25, 0.3) is 0 Å². The van der Waals surface area contributed by atoms with Gasteiger partial charge >= 0.3 is 0 Å². The SMILES string of the molecule is O=C(Nc1ccc(-n2cnnn2)cc1)[C@@H]1CCCCN1C(=O)Cn1ccnc1. The quantitative estimate of drug-likeness (QED) is 0.703. The molecule has 0 radical (unpaired) electrons. The number of carbonyl (C=O) groups excluding carboxylic acids is 2. The number of hydrogen-bond acceptors (Lipinski definition) is 6. The molecular formula is C18H20N8O2. The first kappa shape index (κ1) is 17.8. The summed E-state index contributed by atoms with van der Waals surface area (Å²) in [6.07, 6.45) is 8.95. The second-order valence-corrected chi connectivity index (χ2v) is 6.62. The van der Waals surface area contributed by atoms with Crippen molar-refractivity contribution in [1.29, 1.82) is 0 Å². The summed E-state index contributed by atoms with van der Waals surface area (Å²) in [6.45, 7) is 0.772. The van der Waals surface area contributed by atoms with Gasteiger partial charge in [0.2, 0.25) is 11.8 Å². The number of anilines is 1. The lowest BCUT2D eigenvalue weighted by molar-refractivity contribution is -0.140. The van der Waals surface area contributed by atoms with Crippen LogP contribution in [-0.4, -0.2) is 59.1 Å². The van der Waals surface area contributed by atoms with Crippen LogP contribution in [0, 0.1) is 0 Å². The Hall–Kier alpha value is -3.56. The summed E-state index contributed by atoms with van der Waals surface area (Å²) in [6, 6.07) is 6.73. The lowest BCUT2D eigenvalue weighted by Gasteiger charge is -2.34. The number of tetrazole rings is 1. The largest absolute Gasteiger partial charge is 0.329 e. The Balaban J connectivity index is 1.42. The van der Waals surface area contributed by atoms with Gasteiger partial charge in [0, 0.05) is 24.6 Å². The van der Waals surface area contributed by atoms with E-state index in [4.69, 9.17) is 0 Å². The lowest BCUT2D eigenvalue weighted by atomic mass is 10.0. The van der Waals surface area contributed by atoms with Crippen molar-refractivity contribution in [3.05, 3.63) is 49.3 Å². The normalized spacial score (nSPS) is 16.7. The zero-order chi connectivity index (χ0) is 19.3. The third-order valence-electron chi connectivity index (χ3n) is 4.75. The Labute approximate surface area is 161 Å². The van der Waals surface area contributed by atoms with Crippen molar-refractivity contribution < 1.29 is 9.59 Å². The fourth-order valence-corrected chi connectivity index (χ4v) is 3.33. The first-order valence-electron chi connectivity index (χ1n) is 9.10. The molecule has 1 aliphatic rings. The van der Waals surface area contributed by atoms with E-state index in [1.54, 1.807) is 40.3 Å². The van der Waals surface area contributed by atoms with Gasteiger partial charge in [-0.15, -0.1) is 5.10 Å². The molecular weight excluding hydrogens is 360 g/mol. The predicted molar refractivity (Wildman–Crippen MR) is 99.4 cm³/mol. The Morgan fingerprint density at radius 3 is 2.71 bits per heavy atom. The van der Waals surface area contributed by atoms with Crippen LogP contribution in [0.3, 0.4) is 0 Å². The van der Waals surface area contributed by atoms with Crippen LogP contribution >= 0.6 is 0 Å². The topological polar surface area (TPSA) is 111 Å². The standard InChI is InChI=1S/C18H20N8O2/c27-17(11-24-10-8-19-12-24)25-9-2-1-3-16(25)18(28)21-14-4-6-15(7-5-14)26-13-20-22-23-26/h4-8,10,12-13,16H,1-3,9,11H2,(H,21,28)/t16-/m0/s1. The van der Waals surface area contributed by atoms with Gasteiger partial charge in [-0.2, -0.15) is 0 Å². The Morgan fingerprint density at radius 1 is 1.14 bits per heavy atom. The highest BCUT2D eigenvalue weighted by atomic mass is 16.2. The van der Waals surface area contributed by atoms with Crippen molar-refractivity contribution in [2.75, 3.05) is 11.9 Å². The van der Waals surface area contributed by atoms with E-state index >= 15 is 0 Å². The van der Waals surface area contributed by atoms with Crippen LogP contribution in [0.25, 0.3) is 5.69 Å². The molecule has 0 unspecified atom stereocenters. The van der Waals surface area contributed by atoms with E-state index in [-0.39, 0.29) is 18.4 Å². The van der Waals surface area contributed by atoms with Gasteiger partial charge in [-0.3, -0.25) is 9.59 Å². The minimum absolute atomic E-state index is 0.0770. The van der Waals surface area contributed by atoms with Gasteiger partial charge in [-0.25, -0.2) is 9.67 Å². The predicted octanol–water partition coefficient (Wildman–Crippen LogP) is 0.879. The second kappa shape index (κ2) is 7.99. The fraction of sp³-hybridized carbons (Fsp3) is 0.333. The number of aromatic nitrogens is 6. The summed E-state index contributed by atoms with van der Waals surface area (Å²) in [5, 5.41) is 13.9. The number of rotatable bonds is 5.